The summed E-state index contributed by atoms with van der Waals surface area (Å²) < 4.78 is 5.28. The molecule has 1 atom stereocenters. The maximum absolute atomic E-state index is 11.5. The SMILES string of the molecule is C=CCCOCCNC(=O)[C@@H]1CCCN1. The number of hydrogen-bond donors (Lipinski definition) is 2. The van der Waals surface area contributed by atoms with E-state index in [1.54, 1.807) is 0 Å². The molecule has 0 radical (unpaired) electrons. The fraction of sp³-hybridized carbons (Fsp3) is 0.727. The summed E-state index contributed by atoms with van der Waals surface area (Å²) in [6.07, 6.45) is 4.72. The Hall–Kier alpha value is -0.870. The van der Waals surface area contributed by atoms with Crippen molar-refractivity contribution in [2.24, 2.45) is 0 Å². The molecule has 4 heteroatoms. The third kappa shape index (κ3) is 4.95. The maximum Gasteiger partial charge on any atom is 0.237 e. The molecule has 1 aliphatic heterocycles. The van der Waals surface area contributed by atoms with Gasteiger partial charge in [0.05, 0.1) is 19.3 Å². The summed E-state index contributed by atoms with van der Waals surface area (Å²) in [6, 6.07) is 0.0122. The number of hydrogen-bond acceptors (Lipinski definition) is 3. The molecule has 15 heavy (non-hydrogen) atoms. The van der Waals surface area contributed by atoms with E-state index < -0.39 is 0 Å². The zero-order valence-corrected chi connectivity index (χ0v) is 9.13. The van der Waals surface area contributed by atoms with Crippen molar-refractivity contribution in [1.29, 1.82) is 0 Å². The molecule has 1 rings (SSSR count). The third-order valence-corrected chi connectivity index (χ3v) is 2.39. The van der Waals surface area contributed by atoms with Crippen LogP contribution in [0.2, 0.25) is 0 Å². The maximum atomic E-state index is 11.5. The van der Waals surface area contributed by atoms with Crippen LogP contribution in [-0.2, 0) is 9.53 Å². The highest BCUT2D eigenvalue weighted by molar-refractivity contribution is 5.81. The van der Waals surface area contributed by atoms with Crippen LogP contribution in [0.1, 0.15) is 19.3 Å². The zero-order valence-electron chi connectivity index (χ0n) is 9.13. The number of nitrogens with one attached hydrogen (secondary N) is 2. The van der Waals surface area contributed by atoms with Crippen LogP contribution in [0.15, 0.2) is 12.7 Å². The fourth-order valence-electron chi connectivity index (χ4n) is 1.55. The first-order valence-corrected chi connectivity index (χ1v) is 5.54. The zero-order chi connectivity index (χ0) is 10.9. The molecule has 1 amide bonds. The van der Waals surface area contributed by atoms with Crippen molar-refractivity contribution in [2.75, 3.05) is 26.3 Å². The van der Waals surface area contributed by atoms with E-state index >= 15 is 0 Å². The molecule has 4 nitrogen and oxygen atoms in total. The van der Waals surface area contributed by atoms with Gasteiger partial charge >= 0.3 is 0 Å². The minimum Gasteiger partial charge on any atom is -0.379 e. The molecule has 0 aromatic carbocycles. The van der Waals surface area contributed by atoms with Crippen LogP contribution in [0.3, 0.4) is 0 Å². The molecule has 1 aliphatic rings. The number of amides is 1. The summed E-state index contributed by atoms with van der Waals surface area (Å²) in [7, 11) is 0. The molecule has 2 N–H and O–H groups in total. The summed E-state index contributed by atoms with van der Waals surface area (Å²) in [5.74, 6) is 0.0971. The number of rotatable bonds is 7. The average Bonchev–Trinajstić information content (AvgIpc) is 2.76. The second-order valence-electron chi connectivity index (χ2n) is 3.63. The minimum absolute atomic E-state index is 0.0122. The lowest BCUT2D eigenvalue weighted by Gasteiger charge is -2.10. The quantitative estimate of drug-likeness (QED) is 0.476. The van der Waals surface area contributed by atoms with Crippen LogP contribution in [0.4, 0.5) is 0 Å². The highest BCUT2D eigenvalue weighted by Crippen LogP contribution is 2.03. The van der Waals surface area contributed by atoms with Gasteiger partial charge in [0.25, 0.3) is 0 Å². The first-order chi connectivity index (χ1) is 7.34. The predicted octanol–water partition coefficient (Wildman–Crippen LogP) is 0.447. The van der Waals surface area contributed by atoms with Crippen LogP contribution in [0, 0.1) is 0 Å². The Kier molecular flexibility index (Phi) is 6.04. The Morgan fingerprint density at radius 1 is 1.60 bits per heavy atom. The van der Waals surface area contributed by atoms with E-state index in [0.717, 1.165) is 25.8 Å². The molecule has 0 spiro atoms. The number of carbonyl (C=O) groups excluding carboxylic acids is 1. The number of carbonyl (C=O) groups is 1. The molecule has 0 aromatic rings. The number of ether oxygens (including phenoxy) is 1. The first kappa shape index (κ1) is 12.2. The second-order valence-corrected chi connectivity index (χ2v) is 3.63. The highest BCUT2D eigenvalue weighted by Gasteiger charge is 2.20. The van der Waals surface area contributed by atoms with Crippen molar-refractivity contribution in [3.8, 4) is 0 Å². The van der Waals surface area contributed by atoms with Crippen molar-refractivity contribution in [2.45, 2.75) is 25.3 Å². The van der Waals surface area contributed by atoms with Gasteiger partial charge in [0.2, 0.25) is 5.91 Å². The van der Waals surface area contributed by atoms with Crippen molar-refractivity contribution in [3.63, 3.8) is 0 Å². The molecule has 86 valence electrons. The average molecular weight is 212 g/mol. The van der Waals surface area contributed by atoms with Gasteiger partial charge in [0.15, 0.2) is 0 Å². The topological polar surface area (TPSA) is 50.4 Å². The largest absolute Gasteiger partial charge is 0.379 e. The summed E-state index contributed by atoms with van der Waals surface area (Å²) in [5.41, 5.74) is 0. The van der Waals surface area contributed by atoms with Crippen molar-refractivity contribution in [3.05, 3.63) is 12.7 Å². The molecule has 0 unspecified atom stereocenters. The van der Waals surface area contributed by atoms with Crippen LogP contribution in [0.5, 0.6) is 0 Å². The van der Waals surface area contributed by atoms with E-state index in [1.165, 1.54) is 0 Å². The molecule has 0 saturated carbocycles. The van der Waals surface area contributed by atoms with Gasteiger partial charge in [-0.15, -0.1) is 6.58 Å². The third-order valence-electron chi connectivity index (χ3n) is 2.39. The van der Waals surface area contributed by atoms with Gasteiger partial charge in [-0.25, -0.2) is 0 Å². The van der Waals surface area contributed by atoms with Crippen LogP contribution < -0.4 is 10.6 Å². The molecular weight excluding hydrogens is 192 g/mol. The molecule has 0 aromatic heterocycles. The highest BCUT2D eigenvalue weighted by atomic mass is 16.5. The summed E-state index contributed by atoms with van der Waals surface area (Å²) >= 11 is 0. The van der Waals surface area contributed by atoms with Gasteiger partial charge in [0.1, 0.15) is 0 Å². The predicted molar refractivity (Wildman–Crippen MR) is 59.7 cm³/mol. The molecule has 1 heterocycles. The lowest BCUT2D eigenvalue weighted by molar-refractivity contribution is -0.123. The van der Waals surface area contributed by atoms with Gasteiger partial charge in [-0.2, -0.15) is 0 Å². The Labute approximate surface area is 91.1 Å². The van der Waals surface area contributed by atoms with Gasteiger partial charge in [-0.3, -0.25) is 4.79 Å². The van der Waals surface area contributed by atoms with Crippen molar-refractivity contribution < 1.29 is 9.53 Å². The van der Waals surface area contributed by atoms with E-state index in [2.05, 4.69) is 17.2 Å². The van der Waals surface area contributed by atoms with Gasteiger partial charge in [-0.1, -0.05) is 6.08 Å². The van der Waals surface area contributed by atoms with Crippen LogP contribution >= 0.6 is 0 Å². The Morgan fingerprint density at radius 3 is 3.13 bits per heavy atom. The minimum atomic E-state index is 0.0122. The Morgan fingerprint density at radius 2 is 2.47 bits per heavy atom. The van der Waals surface area contributed by atoms with E-state index in [4.69, 9.17) is 4.74 Å². The van der Waals surface area contributed by atoms with Crippen LogP contribution in [0.25, 0.3) is 0 Å². The van der Waals surface area contributed by atoms with E-state index in [9.17, 15) is 4.79 Å². The smallest absolute Gasteiger partial charge is 0.237 e. The lowest BCUT2D eigenvalue weighted by Crippen LogP contribution is -2.41. The van der Waals surface area contributed by atoms with Crippen molar-refractivity contribution in [1.82, 2.24) is 10.6 Å². The van der Waals surface area contributed by atoms with Gasteiger partial charge in [-0.05, 0) is 25.8 Å². The molecule has 1 saturated heterocycles. The fourth-order valence-corrected chi connectivity index (χ4v) is 1.55. The Bertz CT molecular complexity index is 201. The van der Waals surface area contributed by atoms with E-state index in [-0.39, 0.29) is 11.9 Å². The van der Waals surface area contributed by atoms with Crippen molar-refractivity contribution >= 4 is 5.91 Å². The molecule has 0 aliphatic carbocycles. The van der Waals surface area contributed by atoms with E-state index in [1.807, 2.05) is 6.08 Å². The Balaban J connectivity index is 1.94. The van der Waals surface area contributed by atoms with Gasteiger partial charge in [0, 0.05) is 6.54 Å². The first-order valence-electron chi connectivity index (χ1n) is 5.54. The standard InChI is InChI=1S/C11H20N2O2/c1-2-3-8-15-9-7-13-11(14)10-5-4-6-12-10/h2,10,12H,1,3-9H2,(H,13,14)/t10-/m0/s1. The molecule has 0 bridgehead atoms. The summed E-state index contributed by atoms with van der Waals surface area (Å²) in [6.45, 7) is 6.40. The molecule has 1 fully saturated rings. The second kappa shape index (κ2) is 7.43. The summed E-state index contributed by atoms with van der Waals surface area (Å²) in [4.78, 5) is 11.5. The monoisotopic (exact) mass is 212 g/mol. The molecular formula is C11H20N2O2. The van der Waals surface area contributed by atoms with Crippen LogP contribution in [-0.4, -0.2) is 38.3 Å². The normalized spacial score (nSPS) is 20.1. The van der Waals surface area contributed by atoms with Gasteiger partial charge < -0.3 is 15.4 Å². The lowest BCUT2D eigenvalue weighted by atomic mass is 10.2. The summed E-state index contributed by atoms with van der Waals surface area (Å²) in [5, 5.41) is 6.00. The van der Waals surface area contributed by atoms with E-state index in [0.29, 0.717) is 19.8 Å².